The van der Waals surface area contributed by atoms with Gasteiger partial charge in [-0.2, -0.15) is 0 Å². The Balaban J connectivity index is 1.26. The highest BCUT2D eigenvalue weighted by Gasteiger charge is 2.92. The van der Waals surface area contributed by atoms with Gasteiger partial charge in [0.1, 0.15) is 0 Å². The molecule has 1 fully saturated rings. The lowest BCUT2D eigenvalue weighted by atomic mass is 9.60. The average Bonchev–Trinajstić information content (AvgIpc) is 4.14. The summed E-state index contributed by atoms with van der Waals surface area (Å²) in [4.78, 5) is 15.3. The summed E-state index contributed by atoms with van der Waals surface area (Å²) in [6.07, 6.45) is 0. The van der Waals surface area contributed by atoms with Gasteiger partial charge in [-0.1, -0.05) is 0 Å². The van der Waals surface area contributed by atoms with Crippen molar-refractivity contribution in [3.8, 4) is 0 Å². The molecule has 264 valence electrons. The molecule has 0 radical (unpaired) electrons. The summed E-state index contributed by atoms with van der Waals surface area (Å²) >= 11 is 7.50. The van der Waals surface area contributed by atoms with Crippen LogP contribution in [0.25, 0.3) is 269 Å². The Morgan fingerprint density at radius 1 is 0.234 bits per heavy atom. The summed E-state index contributed by atoms with van der Waals surface area (Å²) in [7, 11) is 0. The van der Waals surface area contributed by atoms with Crippen LogP contribution in [0.2, 0.25) is 0 Å². The maximum absolute atomic E-state index is 15.3. The SMILES string of the molecule is O=C(Cl)C1C23c4c5c6c7c8c9c%10c%11c(c%12c%13c%14c%15c%16c(c4c4c%17c5c7c5c7c8c8c9c9c%11c%11c%12c%14c%12c%14c%15c%15c%16c4c4c%17c5c5c7c7c8c8c9c%11c%12c9c%14c%11c%15c4c5c%11c7c89)C%132)C13C6%10. The van der Waals surface area contributed by atoms with Crippen LogP contribution < -0.4 is 0 Å². The first-order chi connectivity index (χ1) is 31.8. The first kappa shape index (κ1) is 22.9. The summed E-state index contributed by atoms with van der Waals surface area (Å²) in [6, 6.07) is 0. The average molecular weight is 799 g/mol. The van der Waals surface area contributed by atoms with E-state index in [1.807, 2.05) is 0 Å². The Labute approximate surface area is 351 Å². The van der Waals surface area contributed by atoms with Crippen LogP contribution in [0, 0.1) is 5.92 Å². The van der Waals surface area contributed by atoms with Crippen LogP contribution >= 0.6 is 11.6 Å². The molecular formula is C62H3ClO. The van der Waals surface area contributed by atoms with E-state index >= 15 is 4.79 Å². The van der Waals surface area contributed by atoms with E-state index in [1.54, 1.807) is 303 Å². The number of hydrogen-bond donors (Lipinski definition) is 0. The third kappa shape index (κ3) is 1.09. The van der Waals surface area contributed by atoms with Crippen LogP contribution in [0.3, 0.4) is 0 Å². The van der Waals surface area contributed by atoms with Gasteiger partial charge in [-0.05, 0) is 314 Å². The molecule has 2 spiro atoms. The van der Waals surface area contributed by atoms with Crippen molar-refractivity contribution < 1.29 is 4.79 Å². The second-order valence-corrected chi connectivity index (χ2v) is 24.9. The number of halogens is 1. The smallest absolute Gasteiger partial charge is 0.226 e. The molecular weight excluding hydrogens is 796 g/mol. The van der Waals surface area contributed by atoms with Crippen molar-refractivity contribution in [2.45, 2.75) is 22.7 Å². The molecule has 64 heavy (non-hydrogen) atoms. The Morgan fingerprint density at radius 2 is 0.375 bits per heavy atom. The lowest BCUT2D eigenvalue weighted by Crippen LogP contribution is -2.35. The zero-order valence-corrected chi connectivity index (χ0v) is 32.8. The third-order valence-corrected chi connectivity index (χ3v) is 25.3. The van der Waals surface area contributed by atoms with Crippen LogP contribution in [0.5, 0.6) is 0 Å². The molecule has 4 unspecified atom stereocenters. The van der Waals surface area contributed by atoms with Crippen molar-refractivity contribution in [2.24, 2.45) is 5.92 Å². The van der Waals surface area contributed by atoms with E-state index in [9.17, 15) is 0 Å². The molecule has 0 amide bonds. The van der Waals surface area contributed by atoms with Crippen LogP contribution in [0.15, 0.2) is 0 Å². The standard InChI is InChI=1S/C62H3ClO/c63-60(64)59-61-55-47-39-29-19-11-3-1-2-5-9-7(3)15-23-17(9)27-21-13(5)14-6(2)10-8-4(1)12(11)20-26-16(8)24-18(10)28-22(14)32-31(21)41-35(27)45-37(23)43(33(39)25(15)19)51(55)53(45)57-49(41)50-42(32)36(28)46-38(24)44-34(26)40(30(20)29)48(47)56(61)52(44)54(46)58(50)62(57,59)61/h55,58-59H. The first-order valence-corrected chi connectivity index (χ1v) is 24.4. The van der Waals surface area contributed by atoms with Crippen molar-refractivity contribution in [1.82, 2.24) is 0 Å². The highest BCUT2D eigenvalue weighted by Crippen LogP contribution is 2.96. The monoisotopic (exact) mass is 798 g/mol. The predicted octanol–water partition coefficient (Wildman–Crippen LogP) is 16.3. The summed E-state index contributed by atoms with van der Waals surface area (Å²) in [6.45, 7) is 0. The number of carbonyl (C=O) groups excluding carboxylic acids is 1. The normalized spacial score (nSPS) is 27.2. The maximum atomic E-state index is 15.3. The Hall–Kier alpha value is -7.32. The van der Waals surface area contributed by atoms with Gasteiger partial charge >= 0.3 is 0 Å². The van der Waals surface area contributed by atoms with E-state index in [2.05, 4.69) is 0 Å². The predicted molar refractivity (Wildman–Crippen MR) is 265 cm³/mol. The van der Waals surface area contributed by atoms with E-state index in [4.69, 9.17) is 11.6 Å². The fourth-order valence-corrected chi connectivity index (χ4v) is 25.9. The molecule has 0 aliphatic heterocycles. The van der Waals surface area contributed by atoms with Gasteiger partial charge in [-0.15, -0.1) is 0 Å². The molecule has 4 atom stereocenters. The molecule has 33 rings (SSSR count). The second-order valence-electron chi connectivity index (χ2n) is 24.5. The third-order valence-electron chi connectivity index (χ3n) is 25.0. The van der Waals surface area contributed by atoms with Gasteiger partial charge in [0, 0.05) is 22.7 Å². The van der Waals surface area contributed by atoms with Crippen LogP contribution in [-0.4, -0.2) is 5.24 Å². The molecule has 1 saturated carbocycles. The molecule has 2 heteroatoms. The molecule has 7 aliphatic rings. The molecule has 26 aromatic rings. The fraction of sp³-hybridized carbons (Fsp3) is 0.0806. The minimum Gasteiger partial charge on any atom is -0.281 e. The molecule has 0 bridgehead atoms. The molecule has 26 aromatic carbocycles. The number of rotatable bonds is 1. The van der Waals surface area contributed by atoms with Gasteiger partial charge in [0.2, 0.25) is 5.24 Å². The minimum absolute atomic E-state index is 0.0602. The van der Waals surface area contributed by atoms with Gasteiger partial charge in [0.15, 0.2) is 0 Å². The summed E-state index contributed by atoms with van der Waals surface area (Å²) < 4.78 is 0. The summed E-state index contributed by atoms with van der Waals surface area (Å²) in [5.74, 6) is 0.0758. The molecule has 0 aromatic heterocycles. The van der Waals surface area contributed by atoms with E-state index in [0.29, 0.717) is 0 Å². The van der Waals surface area contributed by atoms with E-state index in [0.717, 1.165) is 0 Å². The zero-order valence-electron chi connectivity index (χ0n) is 32.0. The highest BCUT2D eigenvalue weighted by molar-refractivity contribution is 6.81. The number of hydrogen-bond acceptors (Lipinski definition) is 1. The van der Waals surface area contributed by atoms with Gasteiger partial charge in [-0.25, -0.2) is 0 Å². The Kier molecular flexibility index (Phi) is 1.74. The van der Waals surface area contributed by atoms with Crippen LogP contribution in [-0.2, 0) is 15.6 Å². The molecule has 7 aliphatic carbocycles. The van der Waals surface area contributed by atoms with Crippen molar-refractivity contribution in [1.29, 1.82) is 0 Å². The molecule has 0 heterocycles. The summed E-state index contributed by atoms with van der Waals surface area (Å²) in [5.41, 5.74) is 9.03. The van der Waals surface area contributed by atoms with Gasteiger partial charge < -0.3 is 0 Å². The van der Waals surface area contributed by atoms with E-state index < -0.39 is 0 Å². The van der Waals surface area contributed by atoms with Gasteiger partial charge in [0.05, 0.1) is 5.92 Å². The van der Waals surface area contributed by atoms with Crippen molar-refractivity contribution >= 4 is 286 Å². The highest BCUT2D eigenvalue weighted by atomic mass is 35.5. The lowest BCUT2D eigenvalue weighted by molar-refractivity contribution is -0.113. The Morgan fingerprint density at radius 3 is 0.547 bits per heavy atom. The van der Waals surface area contributed by atoms with Gasteiger partial charge in [-0.3, -0.25) is 4.79 Å². The van der Waals surface area contributed by atoms with Crippen molar-refractivity contribution in [3.63, 3.8) is 0 Å². The second kappa shape index (κ2) is 4.88. The molecule has 0 N–H and O–H groups in total. The summed E-state index contributed by atoms with van der Waals surface area (Å²) in [5, 5.41) is 80.7. The number of benzene rings is 16. The number of carbonyl (C=O) groups is 1. The quantitative estimate of drug-likeness (QED) is 0.119. The van der Waals surface area contributed by atoms with Crippen molar-refractivity contribution in [2.75, 3.05) is 0 Å². The first-order valence-electron chi connectivity index (χ1n) is 24.0. The zero-order chi connectivity index (χ0) is 37.6. The maximum Gasteiger partial charge on any atom is 0.226 e. The van der Waals surface area contributed by atoms with E-state index in [1.165, 1.54) is 0 Å². The molecule has 0 saturated heterocycles. The topological polar surface area (TPSA) is 17.1 Å². The van der Waals surface area contributed by atoms with Crippen LogP contribution in [0.4, 0.5) is 0 Å². The van der Waals surface area contributed by atoms with Crippen molar-refractivity contribution in [3.05, 3.63) is 33.4 Å². The fourth-order valence-electron chi connectivity index (χ4n) is 25.5. The minimum atomic E-state index is -0.369. The van der Waals surface area contributed by atoms with Crippen LogP contribution in [0.1, 0.15) is 45.2 Å². The van der Waals surface area contributed by atoms with Gasteiger partial charge in [0.25, 0.3) is 0 Å². The van der Waals surface area contributed by atoms with E-state index in [-0.39, 0.29) is 33.8 Å². The molecule has 1 nitrogen and oxygen atoms in total. The Bertz CT molecular complexity index is 6660. The lowest BCUT2D eigenvalue weighted by Gasteiger charge is -2.41. The largest absolute Gasteiger partial charge is 0.281 e.